The van der Waals surface area contributed by atoms with Crippen LogP contribution in [0.5, 0.6) is 0 Å². The average molecular weight is 195 g/mol. The van der Waals surface area contributed by atoms with Crippen LogP contribution in [-0.4, -0.2) is 5.75 Å². The summed E-state index contributed by atoms with van der Waals surface area (Å²) in [6, 6.07) is 10.2. The van der Waals surface area contributed by atoms with Crippen LogP contribution in [0.15, 0.2) is 43.0 Å². The second-order valence-electron chi connectivity index (χ2n) is 2.36. The molecule has 0 N–H and O–H groups in total. The van der Waals surface area contributed by atoms with Crippen molar-refractivity contribution in [1.29, 1.82) is 0 Å². The predicted octanol–water partition coefficient (Wildman–Crippen LogP) is 3.80. The maximum absolute atomic E-state index is 5.28. The molecule has 63 valence electrons. The summed E-state index contributed by atoms with van der Waals surface area (Å²) in [5, 5.41) is 0. The lowest BCUT2D eigenvalue weighted by Crippen LogP contribution is -1.84. The first-order chi connectivity index (χ1) is 5.84. The van der Waals surface area contributed by atoms with Gasteiger partial charge in [-0.1, -0.05) is 49.0 Å². The summed E-state index contributed by atoms with van der Waals surface area (Å²) in [4.78, 5) is 0. The second kappa shape index (κ2) is 5.33. The molecule has 1 atom stereocenters. The maximum atomic E-state index is 5.28. The molecule has 1 rings (SSSR count). The summed E-state index contributed by atoms with van der Waals surface area (Å²) in [5.41, 5.74) is 1.21. The van der Waals surface area contributed by atoms with E-state index in [-0.39, 0.29) is 4.58 Å². The molecule has 1 radical (unpaired) electrons. The molecule has 0 fully saturated rings. The Morgan fingerprint density at radius 1 is 1.42 bits per heavy atom. The number of thioether (sulfide) groups is 1. The molecule has 1 aromatic rings. The number of benzene rings is 1. The van der Waals surface area contributed by atoms with E-state index in [4.69, 9.17) is 12.6 Å². The molecule has 12 heavy (non-hydrogen) atoms. The molecule has 0 amide bonds. The van der Waals surface area contributed by atoms with E-state index in [1.54, 1.807) is 11.8 Å². The molecule has 0 heterocycles. The van der Waals surface area contributed by atoms with Gasteiger partial charge in [-0.25, -0.2) is 0 Å². The Morgan fingerprint density at radius 3 is 2.67 bits per heavy atom. The van der Waals surface area contributed by atoms with Gasteiger partial charge in [0, 0.05) is 5.75 Å². The van der Waals surface area contributed by atoms with Crippen LogP contribution in [0.25, 0.3) is 0 Å². The monoisotopic (exact) mass is 195 g/mol. The van der Waals surface area contributed by atoms with Gasteiger partial charge in [-0.2, -0.15) is 0 Å². The SMILES string of the molecule is C=CCSC([S])c1ccccc1. The molecule has 1 unspecified atom stereocenters. The fourth-order valence-electron chi connectivity index (χ4n) is 0.862. The van der Waals surface area contributed by atoms with Crippen molar-refractivity contribution in [2.45, 2.75) is 4.58 Å². The molecular weight excluding hydrogens is 184 g/mol. The molecule has 0 aliphatic rings. The Labute approximate surface area is 83.5 Å². The summed E-state index contributed by atoms with van der Waals surface area (Å²) in [6.07, 6.45) is 1.88. The van der Waals surface area contributed by atoms with Gasteiger partial charge in [0.15, 0.2) is 0 Å². The van der Waals surface area contributed by atoms with Crippen molar-refractivity contribution in [3.05, 3.63) is 48.6 Å². The molecule has 0 nitrogen and oxygen atoms in total. The molecule has 0 aliphatic heterocycles. The fourth-order valence-corrected chi connectivity index (χ4v) is 1.92. The zero-order chi connectivity index (χ0) is 8.81. The molecule has 2 heteroatoms. The van der Waals surface area contributed by atoms with E-state index in [0.29, 0.717) is 0 Å². The number of hydrogen-bond acceptors (Lipinski definition) is 1. The van der Waals surface area contributed by atoms with E-state index >= 15 is 0 Å². The lowest BCUT2D eigenvalue weighted by molar-refractivity contribution is 1.39. The number of rotatable bonds is 4. The van der Waals surface area contributed by atoms with Gasteiger partial charge < -0.3 is 0 Å². The summed E-state index contributed by atoms with van der Waals surface area (Å²) >= 11 is 7.01. The molecule has 0 aromatic heterocycles. The van der Waals surface area contributed by atoms with E-state index in [1.165, 1.54) is 5.56 Å². The van der Waals surface area contributed by atoms with E-state index in [0.717, 1.165) is 5.75 Å². The van der Waals surface area contributed by atoms with Gasteiger partial charge in [0.2, 0.25) is 0 Å². The fraction of sp³-hybridized carbons (Fsp3) is 0.200. The summed E-state index contributed by atoms with van der Waals surface area (Å²) in [5.74, 6) is 0.920. The highest BCUT2D eigenvalue weighted by Gasteiger charge is 2.04. The third kappa shape index (κ3) is 2.95. The van der Waals surface area contributed by atoms with Crippen LogP contribution < -0.4 is 0 Å². The molecule has 1 aromatic carbocycles. The minimum absolute atomic E-state index is 0.157. The molecule has 0 spiro atoms. The van der Waals surface area contributed by atoms with E-state index < -0.39 is 0 Å². The minimum Gasteiger partial charge on any atom is -0.138 e. The smallest absolute Gasteiger partial charge is 0.0858 e. The zero-order valence-corrected chi connectivity index (χ0v) is 8.41. The van der Waals surface area contributed by atoms with Crippen LogP contribution in [0.1, 0.15) is 10.1 Å². The van der Waals surface area contributed by atoms with Crippen molar-refractivity contribution >= 4 is 24.4 Å². The second-order valence-corrected chi connectivity index (χ2v) is 4.27. The standard InChI is InChI=1S/C10H11S2/c1-2-8-12-10(11)9-6-4-3-5-7-9/h2-7,10H,1,8H2. The third-order valence-corrected chi connectivity index (χ3v) is 3.12. The van der Waals surface area contributed by atoms with Crippen molar-refractivity contribution in [2.75, 3.05) is 5.75 Å². The molecule has 0 saturated heterocycles. The van der Waals surface area contributed by atoms with Gasteiger partial charge in [-0.05, 0) is 5.56 Å². The van der Waals surface area contributed by atoms with Gasteiger partial charge in [-0.3, -0.25) is 0 Å². The van der Waals surface area contributed by atoms with Crippen LogP contribution in [0.3, 0.4) is 0 Å². The lowest BCUT2D eigenvalue weighted by Gasteiger charge is -2.07. The highest BCUT2D eigenvalue weighted by molar-refractivity contribution is 8.09. The number of hydrogen-bond donors (Lipinski definition) is 0. The third-order valence-electron chi connectivity index (χ3n) is 1.44. The van der Waals surface area contributed by atoms with Crippen LogP contribution in [0, 0.1) is 0 Å². The summed E-state index contributed by atoms with van der Waals surface area (Å²) < 4.78 is 0.157. The van der Waals surface area contributed by atoms with Crippen molar-refractivity contribution in [3.63, 3.8) is 0 Å². The quantitative estimate of drug-likeness (QED) is 0.658. The van der Waals surface area contributed by atoms with Crippen LogP contribution in [-0.2, 0) is 0 Å². The highest BCUT2D eigenvalue weighted by Crippen LogP contribution is 2.31. The van der Waals surface area contributed by atoms with Crippen molar-refractivity contribution < 1.29 is 0 Å². The molecule has 0 saturated carbocycles. The molecule has 0 aliphatic carbocycles. The average Bonchev–Trinajstić information content (AvgIpc) is 2.15. The van der Waals surface area contributed by atoms with E-state index in [9.17, 15) is 0 Å². The highest BCUT2D eigenvalue weighted by atomic mass is 32.2. The topological polar surface area (TPSA) is 0 Å². The van der Waals surface area contributed by atoms with E-state index in [1.807, 2.05) is 24.3 Å². The Morgan fingerprint density at radius 2 is 2.08 bits per heavy atom. The van der Waals surface area contributed by atoms with E-state index in [2.05, 4.69) is 18.7 Å². The Hall–Kier alpha value is -0.340. The van der Waals surface area contributed by atoms with Crippen LogP contribution in [0.4, 0.5) is 0 Å². The van der Waals surface area contributed by atoms with Gasteiger partial charge >= 0.3 is 0 Å². The van der Waals surface area contributed by atoms with Gasteiger partial charge in [-0.15, -0.1) is 18.3 Å². The van der Waals surface area contributed by atoms with Gasteiger partial charge in [0.1, 0.15) is 0 Å². The van der Waals surface area contributed by atoms with Crippen LogP contribution >= 0.6 is 24.4 Å². The van der Waals surface area contributed by atoms with Gasteiger partial charge in [0.05, 0.1) is 4.58 Å². The predicted molar refractivity (Wildman–Crippen MR) is 59.4 cm³/mol. The first kappa shape index (κ1) is 9.75. The Balaban J connectivity index is 2.53. The molecule has 0 bridgehead atoms. The zero-order valence-electron chi connectivity index (χ0n) is 6.77. The first-order valence-corrected chi connectivity index (χ1v) is 5.30. The largest absolute Gasteiger partial charge is 0.138 e. The Kier molecular flexibility index (Phi) is 4.33. The lowest BCUT2D eigenvalue weighted by atomic mass is 10.2. The first-order valence-electron chi connectivity index (χ1n) is 3.78. The summed E-state index contributed by atoms with van der Waals surface area (Å²) in [6.45, 7) is 3.66. The molecular formula is C10H11S2. The normalized spacial score (nSPS) is 12.4. The van der Waals surface area contributed by atoms with Crippen LogP contribution in [0.2, 0.25) is 0 Å². The van der Waals surface area contributed by atoms with Crippen molar-refractivity contribution in [3.8, 4) is 0 Å². The van der Waals surface area contributed by atoms with Crippen molar-refractivity contribution in [2.24, 2.45) is 0 Å². The minimum atomic E-state index is 0.157. The summed E-state index contributed by atoms with van der Waals surface area (Å²) in [7, 11) is 0. The maximum Gasteiger partial charge on any atom is 0.0858 e. The van der Waals surface area contributed by atoms with Crippen molar-refractivity contribution in [1.82, 2.24) is 0 Å². The Bertz CT molecular complexity index is 231. The van der Waals surface area contributed by atoms with Gasteiger partial charge in [0.25, 0.3) is 0 Å².